The molecule has 0 saturated carbocycles. The summed E-state index contributed by atoms with van der Waals surface area (Å²) in [6.07, 6.45) is 1.19. The zero-order valence-electron chi connectivity index (χ0n) is 17.7. The van der Waals surface area contributed by atoms with Crippen LogP contribution < -0.4 is 10.1 Å². The molecule has 156 valence electrons. The van der Waals surface area contributed by atoms with Gasteiger partial charge < -0.3 is 15.0 Å². The van der Waals surface area contributed by atoms with Crippen LogP contribution in [-0.2, 0) is 17.9 Å². The molecule has 1 N–H and O–H groups in total. The second-order valence-electron chi connectivity index (χ2n) is 7.89. The molecular formula is C24H33N3O2. The van der Waals surface area contributed by atoms with Crippen molar-refractivity contribution >= 4 is 5.91 Å². The molecule has 1 aliphatic heterocycles. The summed E-state index contributed by atoms with van der Waals surface area (Å²) >= 11 is 0. The highest BCUT2D eigenvalue weighted by Gasteiger charge is 2.13. The number of rotatable bonds is 9. The Morgan fingerprint density at radius 3 is 2.41 bits per heavy atom. The molecule has 1 fully saturated rings. The first-order valence-electron chi connectivity index (χ1n) is 10.5. The van der Waals surface area contributed by atoms with Crippen LogP contribution in [0.2, 0.25) is 0 Å². The SMILES string of the molecule is Cc1ccccc1OCCCC(=O)NCc1ccc(CN2CCN(C)CC2)cc1. The van der Waals surface area contributed by atoms with Gasteiger partial charge in [0.2, 0.25) is 5.91 Å². The maximum absolute atomic E-state index is 12.1. The molecule has 2 aromatic carbocycles. The average molecular weight is 396 g/mol. The Kier molecular flexibility index (Phi) is 8.08. The van der Waals surface area contributed by atoms with E-state index in [-0.39, 0.29) is 5.91 Å². The first-order valence-corrected chi connectivity index (χ1v) is 10.5. The Morgan fingerprint density at radius 1 is 1.00 bits per heavy atom. The lowest BCUT2D eigenvalue weighted by molar-refractivity contribution is -0.121. The molecule has 0 radical (unpaired) electrons. The van der Waals surface area contributed by atoms with Crippen molar-refractivity contribution in [3.63, 3.8) is 0 Å². The normalized spacial score (nSPS) is 15.2. The third kappa shape index (κ3) is 7.18. The van der Waals surface area contributed by atoms with Crippen molar-refractivity contribution in [3.05, 3.63) is 65.2 Å². The number of carbonyl (C=O) groups is 1. The molecule has 0 aliphatic carbocycles. The van der Waals surface area contributed by atoms with Crippen LogP contribution in [0.3, 0.4) is 0 Å². The molecule has 5 nitrogen and oxygen atoms in total. The quantitative estimate of drug-likeness (QED) is 0.662. The summed E-state index contributed by atoms with van der Waals surface area (Å²) in [5.41, 5.74) is 3.59. The van der Waals surface area contributed by atoms with E-state index in [2.05, 4.69) is 46.4 Å². The zero-order chi connectivity index (χ0) is 20.5. The number of piperazine rings is 1. The number of hydrogen-bond acceptors (Lipinski definition) is 4. The zero-order valence-corrected chi connectivity index (χ0v) is 17.7. The maximum atomic E-state index is 12.1. The lowest BCUT2D eigenvalue weighted by atomic mass is 10.1. The molecule has 0 unspecified atom stereocenters. The highest BCUT2D eigenvalue weighted by molar-refractivity contribution is 5.75. The van der Waals surface area contributed by atoms with Crippen LogP contribution in [0.4, 0.5) is 0 Å². The van der Waals surface area contributed by atoms with Crippen molar-refractivity contribution < 1.29 is 9.53 Å². The molecule has 1 saturated heterocycles. The van der Waals surface area contributed by atoms with Crippen molar-refractivity contribution in [2.45, 2.75) is 32.9 Å². The van der Waals surface area contributed by atoms with Gasteiger partial charge in [-0.1, -0.05) is 42.5 Å². The summed E-state index contributed by atoms with van der Waals surface area (Å²) < 4.78 is 5.74. The van der Waals surface area contributed by atoms with Crippen molar-refractivity contribution in [2.24, 2.45) is 0 Å². The molecule has 0 aromatic heterocycles. The summed E-state index contributed by atoms with van der Waals surface area (Å²) in [7, 11) is 2.18. The number of nitrogens with one attached hydrogen (secondary N) is 1. The number of amides is 1. The molecule has 0 spiro atoms. The minimum absolute atomic E-state index is 0.0693. The van der Waals surface area contributed by atoms with Crippen molar-refractivity contribution in [2.75, 3.05) is 39.8 Å². The molecule has 1 amide bonds. The summed E-state index contributed by atoms with van der Waals surface area (Å²) in [4.78, 5) is 16.9. The summed E-state index contributed by atoms with van der Waals surface area (Å²) in [5.74, 6) is 0.962. The molecule has 29 heavy (non-hydrogen) atoms. The van der Waals surface area contributed by atoms with E-state index in [1.54, 1.807) is 0 Å². The van der Waals surface area contributed by atoms with E-state index < -0.39 is 0 Å². The van der Waals surface area contributed by atoms with E-state index in [9.17, 15) is 4.79 Å². The third-order valence-corrected chi connectivity index (χ3v) is 5.41. The number of hydrogen-bond donors (Lipinski definition) is 1. The number of aryl methyl sites for hydroxylation is 1. The Hall–Kier alpha value is -2.37. The van der Waals surface area contributed by atoms with E-state index in [0.717, 1.165) is 49.6 Å². The highest BCUT2D eigenvalue weighted by atomic mass is 16.5. The number of likely N-dealkylation sites (N-methyl/N-ethyl adjacent to an activating group) is 1. The summed E-state index contributed by atoms with van der Waals surface area (Å²) in [6, 6.07) is 16.5. The maximum Gasteiger partial charge on any atom is 0.220 e. The monoisotopic (exact) mass is 395 g/mol. The molecule has 0 bridgehead atoms. The van der Waals surface area contributed by atoms with Crippen molar-refractivity contribution in [1.29, 1.82) is 0 Å². The topological polar surface area (TPSA) is 44.8 Å². The van der Waals surface area contributed by atoms with Gasteiger partial charge in [-0.3, -0.25) is 9.69 Å². The van der Waals surface area contributed by atoms with Crippen LogP contribution >= 0.6 is 0 Å². The van der Waals surface area contributed by atoms with Gasteiger partial charge in [0.05, 0.1) is 6.61 Å². The largest absolute Gasteiger partial charge is 0.493 e. The molecule has 1 heterocycles. The number of carbonyl (C=O) groups excluding carboxylic acids is 1. The van der Waals surface area contributed by atoms with Crippen LogP contribution in [0.1, 0.15) is 29.5 Å². The number of ether oxygens (including phenoxy) is 1. The second-order valence-corrected chi connectivity index (χ2v) is 7.89. The Labute approximate surface area is 174 Å². The molecule has 0 atom stereocenters. The van der Waals surface area contributed by atoms with Gasteiger partial charge in [-0.15, -0.1) is 0 Å². The molecule has 3 rings (SSSR count). The minimum Gasteiger partial charge on any atom is -0.493 e. The van der Waals surface area contributed by atoms with Gasteiger partial charge in [-0.25, -0.2) is 0 Å². The Bertz CT molecular complexity index is 768. The fraction of sp³-hybridized carbons (Fsp3) is 0.458. The fourth-order valence-corrected chi connectivity index (χ4v) is 3.45. The van der Waals surface area contributed by atoms with Crippen molar-refractivity contribution in [1.82, 2.24) is 15.1 Å². The van der Waals surface area contributed by atoms with Gasteiger partial charge >= 0.3 is 0 Å². The van der Waals surface area contributed by atoms with Crippen LogP contribution in [0.15, 0.2) is 48.5 Å². The van der Waals surface area contributed by atoms with Gasteiger partial charge in [0, 0.05) is 45.7 Å². The summed E-state index contributed by atoms with van der Waals surface area (Å²) in [5, 5.41) is 3.00. The van der Waals surface area contributed by atoms with Crippen molar-refractivity contribution in [3.8, 4) is 5.75 Å². The van der Waals surface area contributed by atoms with Gasteiger partial charge in [0.15, 0.2) is 0 Å². The number of benzene rings is 2. The lowest BCUT2D eigenvalue weighted by Gasteiger charge is -2.32. The van der Waals surface area contributed by atoms with Crippen LogP contribution in [0, 0.1) is 6.92 Å². The minimum atomic E-state index is 0.0693. The highest BCUT2D eigenvalue weighted by Crippen LogP contribution is 2.16. The van der Waals surface area contributed by atoms with E-state index in [1.807, 2.05) is 31.2 Å². The number of nitrogens with zero attached hydrogens (tertiary/aromatic N) is 2. The third-order valence-electron chi connectivity index (χ3n) is 5.41. The van der Waals surface area contributed by atoms with Gasteiger partial charge in [0.25, 0.3) is 0 Å². The molecule has 5 heteroatoms. The second kappa shape index (κ2) is 11.0. The Balaban J connectivity index is 1.32. The molecule has 2 aromatic rings. The van der Waals surface area contributed by atoms with Crippen LogP contribution in [-0.4, -0.2) is 55.5 Å². The van der Waals surface area contributed by atoms with E-state index in [4.69, 9.17) is 4.74 Å². The predicted molar refractivity (Wildman–Crippen MR) is 117 cm³/mol. The van der Waals surface area contributed by atoms with Crippen LogP contribution in [0.5, 0.6) is 5.75 Å². The predicted octanol–water partition coefficient (Wildman–Crippen LogP) is 3.22. The van der Waals surface area contributed by atoms with Gasteiger partial charge in [-0.2, -0.15) is 0 Å². The van der Waals surface area contributed by atoms with Crippen LogP contribution in [0.25, 0.3) is 0 Å². The lowest BCUT2D eigenvalue weighted by Crippen LogP contribution is -2.43. The fourth-order valence-electron chi connectivity index (χ4n) is 3.45. The molecule has 1 aliphatic rings. The van der Waals surface area contributed by atoms with E-state index >= 15 is 0 Å². The molecular weight excluding hydrogens is 362 g/mol. The smallest absolute Gasteiger partial charge is 0.220 e. The Morgan fingerprint density at radius 2 is 1.69 bits per heavy atom. The van der Waals surface area contributed by atoms with Gasteiger partial charge in [0.1, 0.15) is 5.75 Å². The standard InChI is InChI=1S/C24H33N3O2/c1-20-6-3-4-7-23(20)29-17-5-8-24(28)25-18-21-9-11-22(12-10-21)19-27-15-13-26(2)14-16-27/h3-4,6-7,9-12H,5,8,13-19H2,1-2H3,(H,25,28). The summed E-state index contributed by atoms with van der Waals surface area (Å²) in [6.45, 7) is 8.69. The number of para-hydroxylation sites is 1. The van der Waals surface area contributed by atoms with E-state index in [0.29, 0.717) is 26.0 Å². The average Bonchev–Trinajstić information content (AvgIpc) is 2.73. The van der Waals surface area contributed by atoms with E-state index in [1.165, 1.54) is 5.56 Å². The van der Waals surface area contributed by atoms with Gasteiger partial charge in [-0.05, 0) is 43.1 Å². The first kappa shape index (κ1) is 21.3. The first-order chi connectivity index (χ1) is 14.1.